The van der Waals surface area contributed by atoms with E-state index >= 15 is 0 Å². The van der Waals surface area contributed by atoms with Crippen LogP contribution in [-0.2, 0) is 0 Å². The Morgan fingerprint density at radius 1 is 1.00 bits per heavy atom. The van der Waals surface area contributed by atoms with Crippen molar-refractivity contribution in [2.75, 3.05) is 44.2 Å². The monoisotopic (exact) mass is 371 g/mol. The minimum absolute atomic E-state index is 0.0362. The van der Waals surface area contributed by atoms with Crippen LogP contribution in [0.2, 0.25) is 0 Å². The minimum Gasteiger partial charge on any atom is -0.395 e. The molecular weight excluding hydrogens is 346 g/mol. The third kappa shape index (κ3) is 5.24. The summed E-state index contributed by atoms with van der Waals surface area (Å²) in [6.45, 7) is 4.67. The van der Waals surface area contributed by atoms with Gasteiger partial charge in [-0.1, -0.05) is 36.4 Å². The number of carbonyl (C=O) groups is 1. The van der Waals surface area contributed by atoms with E-state index in [9.17, 15) is 9.90 Å². The standard InChI is InChI=1S/C20H25N3O2S/c24-16-19(26-21-20(25)17-7-3-1-4-8-17)15-22-11-13-23(14-12-22)18-9-5-2-6-10-18/h1-10,19,24H,11-16H2,(H,21,25). The van der Waals surface area contributed by atoms with Gasteiger partial charge in [-0.3, -0.25) is 14.4 Å². The van der Waals surface area contributed by atoms with Gasteiger partial charge in [0.1, 0.15) is 0 Å². The van der Waals surface area contributed by atoms with Crippen LogP contribution in [0.4, 0.5) is 5.69 Å². The Labute approximate surface area is 159 Å². The van der Waals surface area contributed by atoms with Crippen molar-refractivity contribution in [1.29, 1.82) is 0 Å². The first-order valence-corrected chi connectivity index (χ1v) is 9.78. The summed E-state index contributed by atoms with van der Waals surface area (Å²) in [4.78, 5) is 16.9. The highest BCUT2D eigenvalue weighted by Crippen LogP contribution is 2.17. The van der Waals surface area contributed by atoms with Crippen molar-refractivity contribution in [2.24, 2.45) is 0 Å². The van der Waals surface area contributed by atoms with Gasteiger partial charge in [-0.2, -0.15) is 0 Å². The second-order valence-electron chi connectivity index (χ2n) is 6.34. The summed E-state index contributed by atoms with van der Waals surface area (Å²) in [6.07, 6.45) is 0. The summed E-state index contributed by atoms with van der Waals surface area (Å²) in [6, 6.07) is 19.6. The van der Waals surface area contributed by atoms with E-state index in [4.69, 9.17) is 0 Å². The number of rotatable bonds is 7. The fraction of sp³-hybridized carbons (Fsp3) is 0.350. The molecule has 0 saturated carbocycles. The Hall–Kier alpha value is -2.02. The first-order valence-electron chi connectivity index (χ1n) is 8.90. The Bertz CT molecular complexity index is 676. The quantitative estimate of drug-likeness (QED) is 0.731. The van der Waals surface area contributed by atoms with E-state index in [1.165, 1.54) is 17.6 Å². The van der Waals surface area contributed by atoms with Gasteiger partial charge in [0.05, 0.1) is 11.9 Å². The fourth-order valence-corrected chi connectivity index (χ4v) is 3.78. The van der Waals surface area contributed by atoms with Gasteiger partial charge in [-0.15, -0.1) is 0 Å². The van der Waals surface area contributed by atoms with Crippen LogP contribution in [-0.4, -0.2) is 60.5 Å². The maximum atomic E-state index is 12.1. The number of hydrogen-bond donors (Lipinski definition) is 2. The molecule has 0 spiro atoms. The smallest absolute Gasteiger partial charge is 0.261 e. The van der Waals surface area contributed by atoms with E-state index < -0.39 is 0 Å². The van der Waals surface area contributed by atoms with Crippen LogP contribution in [0.5, 0.6) is 0 Å². The van der Waals surface area contributed by atoms with Crippen LogP contribution >= 0.6 is 11.9 Å². The average Bonchev–Trinajstić information content (AvgIpc) is 2.72. The molecule has 5 nitrogen and oxygen atoms in total. The molecule has 0 bridgehead atoms. The van der Waals surface area contributed by atoms with Crippen molar-refractivity contribution in [3.8, 4) is 0 Å². The Balaban J connectivity index is 1.43. The van der Waals surface area contributed by atoms with E-state index in [0.717, 1.165) is 32.7 Å². The maximum Gasteiger partial charge on any atom is 0.261 e. The molecule has 1 atom stereocenters. The SMILES string of the molecule is O=C(NSC(CO)CN1CCN(c2ccccc2)CC1)c1ccccc1. The van der Waals surface area contributed by atoms with Crippen molar-refractivity contribution >= 4 is 23.5 Å². The molecule has 1 unspecified atom stereocenters. The molecule has 2 aromatic carbocycles. The van der Waals surface area contributed by atoms with Crippen LogP contribution in [0.1, 0.15) is 10.4 Å². The molecule has 1 heterocycles. The van der Waals surface area contributed by atoms with Gasteiger partial charge < -0.3 is 10.0 Å². The number of aliphatic hydroxyl groups is 1. The van der Waals surface area contributed by atoms with Gasteiger partial charge in [-0.05, 0) is 36.2 Å². The third-order valence-corrected chi connectivity index (χ3v) is 5.45. The van der Waals surface area contributed by atoms with E-state index in [-0.39, 0.29) is 17.8 Å². The van der Waals surface area contributed by atoms with E-state index in [1.54, 1.807) is 12.1 Å². The summed E-state index contributed by atoms with van der Waals surface area (Å²) in [7, 11) is 0. The summed E-state index contributed by atoms with van der Waals surface area (Å²) < 4.78 is 2.85. The number of carbonyl (C=O) groups excluding carboxylic acids is 1. The number of nitrogens with one attached hydrogen (secondary N) is 1. The fourth-order valence-electron chi connectivity index (χ4n) is 3.03. The molecule has 0 aromatic heterocycles. The molecule has 1 fully saturated rings. The average molecular weight is 372 g/mol. The number of anilines is 1. The minimum atomic E-state index is -0.122. The van der Waals surface area contributed by atoms with Gasteiger partial charge >= 0.3 is 0 Å². The lowest BCUT2D eigenvalue weighted by Crippen LogP contribution is -2.49. The highest BCUT2D eigenvalue weighted by molar-refractivity contribution is 7.98. The van der Waals surface area contributed by atoms with Crippen molar-refractivity contribution in [1.82, 2.24) is 9.62 Å². The predicted molar refractivity (Wildman–Crippen MR) is 107 cm³/mol. The number of piperazine rings is 1. The predicted octanol–water partition coefficient (Wildman–Crippen LogP) is 2.25. The Morgan fingerprint density at radius 2 is 1.62 bits per heavy atom. The topological polar surface area (TPSA) is 55.8 Å². The lowest BCUT2D eigenvalue weighted by Gasteiger charge is -2.37. The molecule has 6 heteroatoms. The number of para-hydroxylation sites is 1. The van der Waals surface area contributed by atoms with Crippen LogP contribution in [0.3, 0.4) is 0 Å². The third-order valence-electron chi connectivity index (χ3n) is 4.51. The first kappa shape index (κ1) is 18.8. The number of nitrogens with zero attached hydrogens (tertiary/aromatic N) is 2. The van der Waals surface area contributed by atoms with Crippen molar-refractivity contribution < 1.29 is 9.90 Å². The zero-order valence-corrected chi connectivity index (χ0v) is 15.6. The number of amides is 1. The second-order valence-corrected chi connectivity index (χ2v) is 7.45. The summed E-state index contributed by atoms with van der Waals surface area (Å²) in [5.74, 6) is -0.122. The number of benzene rings is 2. The first-order chi connectivity index (χ1) is 12.8. The van der Waals surface area contributed by atoms with Crippen LogP contribution in [0, 0.1) is 0 Å². The molecule has 2 N–H and O–H groups in total. The highest BCUT2D eigenvalue weighted by Gasteiger charge is 2.21. The molecular formula is C20H25N3O2S. The van der Waals surface area contributed by atoms with Gasteiger partial charge in [0, 0.05) is 44.0 Å². The number of aliphatic hydroxyl groups excluding tert-OH is 1. The second kappa shape index (κ2) is 9.62. The van der Waals surface area contributed by atoms with Crippen molar-refractivity contribution in [3.05, 3.63) is 66.2 Å². The summed E-state index contributed by atoms with van der Waals surface area (Å²) in [5, 5.41) is 9.62. The summed E-state index contributed by atoms with van der Waals surface area (Å²) in [5.41, 5.74) is 1.89. The van der Waals surface area contributed by atoms with E-state index in [1.807, 2.05) is 24.3 Å². The van der Waals surface area contributed by atoms with Crippen molar-refractivity contribution in [3.63, 3.8) is 0 Å². The van der Waals surface area contributed by atoms with Gasteiger partial charge in [-0.25, -0.2) is 0 Å². The Morgan fingerprint density at radius 3 is 2.23 bits per heavy atom. The van der Waals surface area contributed by atoms with Gasteiger partial charge in [0.25, 0.3) is 5.91 Å². The molecule has 0 aliphatic carbocycles. The van der Waals surface area contributed by atoms with E-state index in [0.29, 0.717) is 5.56 Å². The van der Waals surface area contributed by atoms with Crippen LogP contribution in [0.15, 0.2) is 60.7 Å². The summed E-state index contributed by atoms with van der Waals surface area (Å²) >= 11 is 1.31. The van der Waals surface area contributed by atoms with E-state index in [2.05, 4.69) is 38.8 Å². The van der Waals surface area contributed by atoms with Gasteiger partial charge in [0.2, 0.25) is 0 Å². The Kier molecular flexibility index (Phi) is 6.94. The molecule has 3 rings (SSSR count). The molecule has 26 heavy (non-hydrogen) atoms. The largest absolute Gasteiger partial charge is 0.395 e. The lowest BCUT2D eigenvalue weighted by atomic mass is 10.2. The highest BCUT2D eigenvalue weighted by atomic mass is 32.2. The maximum absolute atomic E-state index is 12.1. The molecule has 1 aliphatic heterocycles. The van der Waals surface area contributed by atoms with Gasteiger partial charge in [0.15, 0.2) is 0 Å². The molecule has 0 radical (unpaired) electrons. The molecule has 2 aromatic rings. The molecule has 1 amide bonds. The normalized spacial score (nSPS) is 16.3. The zero-order valence-electron chi connectivity index (χ0n) is 14.8. The number of hydrogen-bond acceptors (Lipinski definition) is 5. The van der Waals surface area contributed by atoms with Crippen LogP contribution < -0.4 is 9.62 Å². The van der Waals surface area contributed by atoms with Crippen molar-refractivity contribution in [2.45, 2.75) is 5.25 Å². The zero-order chi connectivity index (χ0) is 18.2. The van der Waals surface area contributed by atoms with Crippen LogP contribution in [0.25, 0.3) is 0 Å². The molecule has 1 saturated heterocycles. The molecule has 1 aliphatic rings. The molecule has 138 valence electrons. The lowest BCUT2D eigenvalue weighted by molar-refractivity contribution is 0.0984.